The van der Waals surface area contributed by atoms with E-state index in [0.717, 1.165) is 0 Å². The molecule has 0 saturated carbocycles. The highest BCUT2D eigenvalue weighted by Crippen LogP contribution is 2.40. The van der Waals surface area contributed by atoms with Crippen molar-refractivity contribution >= 4 is 0 Å². The van der Waals surface area contributed by atoms with Gasteiger partial charge in [0.25, 0.3) is 0 Å². The summed E-state index contributed by atoms with van der Waals surface area (Å²) in [6.07, 6.45) is -2.27. The predicted octanol–water partition coefficient (Wildman–Crippen LogP) is 2.36. The summed E-state index contributed by atoms with van der Waals surface area (Å²) in [7, 11) is 0. The fourth-order valence-corrected chi connectivity index (χ4v) is 3.04. The number of hydrogen-bond donors (Lipinski definition) is 1. The van der Waals surface area contributed by atoms with E-state index < -0.39 is 36.5 Å². The average Bonchev–Trinajstić information content (AvgIpc) is 2.98. The van der Waals surface area contributed by atoms with Crippen LogP contribution in [0.1, 0.15) is 32.8 Å². The molecule has 1 N–H and O–H groups in total. The molecule has 1 aromatic carbocycles. The first-order valence-corrected chi connectivity index (χ1v) is 7.95. The molecule has 6 heteroatoms. The summed E-state index contributed by atoms with van der Waals surface area (Å²) < 4.78 is 37.0. The van der Waals surface area contributed by atoms with E-state index in [1.54, 1.807) is 32.0 Å². The Balaban J connectivity index is 1.74. The van der Waals surface area contributed by atoms with E-state index >= 15 is 0 Å². The van der Waals surface area contributed by atoms with Gasteiger partial charge in [0.15, 0.2) is 12.1 Å². The Morgan fingerprint density at radius 3 is 2.74 bits per heavy atom. The first kappa shape index (κ1) is 16.8. The zero-order valence-electron chi connectivity index (χ0n) is 13.6. The van der Waals surface area contributed by atoms with Crippen LogP contribution in [0.25, 0.3) is 0 Å². The van der Waals surface area contributed by atoms with Gasteiger partial charge in [-0.25, -0.2) is 4.39 Å². The molecule has 2 aliphatic rings. The fourth-order valence-electron chi connectivity index (χ4n) is 3.04. The Kier molecular flexibility index (Phi) is 4.71. The first-order valence-electron chi connectivity index (χ1n) is 7.95. The lowest BCUT2D eigenvalue weighted by atomic mass is 10.0. The van der Waals surface area contributed by atoms with Crippen LogP contribution in [0.15, 0.2) is 24.3 Å². The van der Waals surface area contributed by atoms with Crippen molar-refractivity contribution in [3.63, 3.8) is 0 Å². The summed E-state index contributed by atoms with van der Waals surface area (Å²) >= 11 is 0. The predicted molar refractivity (Wildman–Crippen MR) is 80.0 cm³/mol. The number of benzene rings is 1. The Labute approximate surface area is 135 Å². The number of rotatable bonds is 5. The third-order valence-electron chi connectivity index (χ3n) is 4.21. The number of aliphatic hydroxyl groups is 1. The summed E-state index contributed by atoms with van der Waals surface area (Å²) in [5.74, 6) is -1.09. The number of aliphatic hydroxyl groups excluding tert-OH is 1. The summed E-state index contributed by atoms with van der Waals surface area (Å²) in [6, 6.07) is 6.45. The van der Waals surface area contributed by atoms with Crippen molar-refractivity contribution in [2.75, 3.05) is 0 Å². The molecule has 0 aromatic heterocycles. The summed E-state index contributed by atoms with van der Waals surface area (Å²) in [5.41, 5.74) is 0.457. The van der Waals surface area contributed by atoms with Crippen molar-refractivity contribution in [2.24, 2.45) is 0 Å². The normalized spacial score (nSPS) is 33.6. The van der Waals surface area contributed by atoms with Crippen LogP contribution in [0.4, 0.5) is 4.39 Å². The molecule has 0 bridgehead atoms. The minimum atomic E-state index is -0.767. The van der Waals surface area contributed by atoms with Gasteiger partial charge in [0.2, 0.25) is 0 Å². The molecular weight excluding hydrogens is 303 g/mol. The fraction of sp³-hybridized carbons (Fsp3) is 0.647. The highest BCUT2D eigenvalue weighted by molar-refractivity contribution is 5.16. The third kappa shape index (κ3) is 3.41. The molecule has 128 valence electrons. The second-order valence-corrected chi connectivity index (χ2v) is 6.41. The summed E-state index contributed by atoms with van der Waals surface area (Å²) in [4.78, 5) is 0. The second kappa shape index (κ2) is 6.45. The summed E-state index contributed by atoms with van der Waals surface area (Å²) in [5, 5.41) is 10.2. The van der Waals surface area contributed by atoms with E-state index in [1.807, 2.05) is 6.92 Å². The van der Waals surface area contributed by atoms with Crippen LogP contribution in [-0.4, -0.2) is 41.6 Å². The molecule has 0 radical (unpaired) electrons. The Bertz CT molecular complexity index is 550. The van der Waals surface area contributed by atoms with E-state index in [0.29, 0.717) is 12.0 Å². The number of halogens is 1. The van der Waals surface area contributed by atoms with Crippen LogP contribution in [-0.2, 0) is 25.6 Å². The van der Waals surface area contributed by atoms with Crippen LogP contribution in [0.3, 0.4) is 0 Å². The minimum Gasteiger partial charge on any atom is -0.390 e. The molecule has 0 aliphatic carbocycles. The minimum absolute atomic E-state index is 0.0840. The van der Waals surface area contributed by atoms with E-state index in [-0.39, 0.29) is 12.4 Å². The number of ether oxygens (including phenoxy) is 4. The van der Waals surface area contributed by atoms with Crippen LogP contribution < -0.4 is 0 Å². The first-order chi connectivity index (χ1) is 10.9. The monoisotopic (exact) mass is 326 g/mol. The molecule has 0 unspecified atom stereocenters. The van der Waals surface area contributed by atoms with Crippen LogP contribution in [0.2, 0.25) is 0 Å². The van der Waals surface area contributed by atoms with Gasteiger partial charge in [0, 0.05) is 5.56 Å². The molecule has 2 heterocycles. The van der Waals surface area contributed by atoms with Crippen molar-refractivity contribution in [2.45, 2.75) is 70.3 Å². The maximum Gasteiger partial charge on any atom is 0.190 e. The van der Waals surface area contributed by atoms with Crippen LogP contribution in [0.5, 0.6) is 0 Å². The third-order valence-corrected chi connectivity index (χ3v) is 4.21. The van der Waals surface area contributed by atoms with E-state index in [1.165, 1.54) is 6.07 Å². The molecule has 0 amide bonds. The van der Waals surface area contributed by atoms with Gasteiger partial charge in [-0.05, 0) is 26.3 Å². The van der Waals surface area contributed by atoms with Gasteiger partial charge in [-0.3, -0.25) is 0 Å². The van der Waals surface area contributed by atoms with Gasteiger partial charge < -0.3 is 24.1 Å². The standard InChI is InChI=1S/C17H23FO5/c1-4-12(19)13-14(15-16(21-13)23-17(2,3)22-15)20-9-10-7-5-6-8-11(10)18/h5-8,12-16,19H,4,9H2,1-3H3/t12-,13-,14+,15-,16-/m1/s1. The number of fused-ring (bicyclic) bond motifs is 1. The van der Waals surface area contributed by atoms with Gasteiger partial charge in [0.1, 0.15) is 24.1 Å². The molecular formula is C17H23FO5. The topological polar surface area (TPSA) is 57.2 Å². The molecule has 2 fully saturated rings. The van der Waals surface area contributed by atoms with Crippen molar-refractivity contribution < 1.29 is 28.4 Å². The van der Waals surface area contributed by atoms with Crippen LogP contribution in [0, 0.1) is 5.82 Å². The maximum absolute atomic E-state index is 13.8. The van der Waals surface area contributed by atoms with Crippen molar-refractivity contribution in [3.8, 4) is 0 Å². The SMILES string of the molecule is CC[C@@H](O)[C@H]1O[C@@H]2OC(C)(C)O[C@@H]2[C@H]1OCc1ccccc1F. The molecule has 5 nitrogen and oxygen atoms in total. The smallest absolute Gasteiger partial charge is 0.190 e. The lowest BCUT2D eigenvalue weighted by Gasteiger charge is -2.28. The molecule has 2 aliphatic heterocycles. The second-order valence-electron chi connectivity index (χ2n) is 6.41. The summed E-state index contributed by atoms with van der Waals surface area (Å²) in [6.45, 7) is 5.55. The average molecular weight is 326 g/mol. The Hall–Kier alpha value is -1.05. The van der Waals surface area contributed by atoms with Gasteiger partial charge in [-0.2, -0.15) is 0 Å². The quantitative estimate of drug-likeness (QED) is 0.900. The molecule has 23 heavy (non-hydrogen) atoms. The molecule has 1 aromatic rings. The largest absolute Gasteiger partial charge is 0.390 e. The highest BCUT2D eigenvalue weighted by atomic mass is 19.1. The lowest BCUT2D eigenvalue weighted by molar-refractivity contribution is -0.230. The molecule has 0 spiro atoms. The van der Waals surface area contributed by atoms with Crippen molar-refractivity contribution in [1.29, 1.82) is 0 Å². The van der Waals surface area contributed by atoms with Crippen molar-refractivity contribution in [1.82, 2.24) is 0 Å². The van der Waals surface area contributed by atoms with Crippen molar-refractivity contribution in [3.05, 3.63) is 35.6 Å². The molecule has 3 rings (SSSR count). The van der Waals surface area contributed by atoms with E-state index in [4.69, 9.17) is 18.9 Å². The zero-order chi connectivity index (χ0) is 16.6. The number of hydrogen-bond acceptors (Lipinski definition) is 5. The maximum atomic E-state index is 13.8. The molecule has 5 atom stereocenters. The zero-order valence-corrected chi connectivity index (χ0v) is 13.6. The van der Waals surface area contributed by atoms with E-state index in [2.05, 4.69) is 0 Å². The Morgan fingerprint density at radius 2 is 2.04 bits per heavy atom. The van der Waals surface area contributed by atoms with Gasteiger partial charge >= 0.3 is 0 Å². The lowest BCUT2D eigenvalue weighted by Crippen LogP contribution is -2.42. The van der Waals surface area contributed by atoms with Gasteiger partial charge in [-0.15, -0.1) is 0 Å². The van der Waals surface area contributed by atoms with Crippen LogP contribution >= 0.6 is 0 Å². The highest BCUT2D eigenvalue weighted by Gasteiger charge is 2.56. The van der Waals surface area contributed by atoms with E-state index in [9.17, 15) is 9.50 Å². The van der Waals surface area contributed by atoms with Gasteiger partial charge in [0.05, 0.1) is 12.7 Å². The Morgan fingerprint density at radius 1 is 1.30 bits per heavy atom. The molecule has 2 saturated heterocycles. The van der Waals surface area contributed by atoms with Gasteiger partial charge in [-0.1, -0.05) is 25.1 Å².